The van der Waals surface area contributed by atoms with E-state index in [1.807, 2.05) is 0 Å². The number of hydrogen-bond acceptors (Lipinski definition) is 3. The largest absolute Gasteiger partial charge is 0.476 e. The van der Waals surface area contributed by atoms with Crippen molar-refractivity contribution in [2.24, 2.45) is 0 Å². The first-order valence-corrected chi connectivity index (χ1v) is 4.91. The standard InChI is InChI=1S/C12H9FN2O2/c1-7-6-8(13)2-3-9(7)10-4-5-11(12(16)17)15-14-10/h2-6H,1H3,(H,16,17). The Hall–Kier alpha value is -2.30. The molecule has 17 heavy (non-hydrogen) atoms. The minimum absolute atomic E-state index is 0.117. The second kappa shape index (κ2) is 4.29. The van der Waals surface area contributed by atoms with Crippen LogP contribution in [0.25, 0.3) is 11.3 Å². The fourth-order valence-corrected chi connectivity index (χ4v) is 1.50. The molecular formula is C12H9FN2O2. The molecule has 0 spiro atoms. The van der Waals surface area contributed by atoms with Crippen molar-refractivity contribution in [3.05, 3.63) is 47.4 Å². The summed E-state index contributed by atoms with van der Waals surface area (Å²) in [6.07, 6.45) is 0. The van der Waals surface area contributed by atoms with Crippen LogP contribution >= 0.6 is 0 Å². The lowest BCUT2D eigenvalue weighted by Crippen LogP contribution is -2.02. The number of rotatable bonds is 2. The molecule has 5 heteroatoms. The lowest BCUT2D eigenvalue weighted by atomic mass is 10.1. The molecular weight excluding hydrogens is 223 g/mol. The fourth-order valence-electron chi connectivity index (χ4n) is 1.50. The van der Waals surface area contributed by atoms with E-state index >= 15 is 0 Å². The highest BCUT2D eigenvalue weighted by atomic mass is 19.1. The van der Waals surface area contributed by atoms with Crippen LogP contribution in [0.2, 0.25) is 0 Å². The zero-order valence-electron chi connectivity index (χ0n) is 9.01. The number of aromatic nitrogens is 2. The molecule has 1 N–H and O–H groups in total. The van der Waals surface area contributed by atoms with Gasteiger partial charge in [-0.05, 0) is 42.8 Å². The van der Waals surface area contributed by atoms with Gasteiger partial charge in [0.1, 0.15) is 5.82 Å². The Labute approximate surface area is 96.7 Å². The predicted octanol–water partition coefficient (Wildman–Crippen LogP) is 2.29. The normalized spacial score (nSPS) is 10.2. The minimum atomic E-state index is -1.13. The summed E-state index contributed by atoms with van der Waals surface area (Å²) in [6.45, 7) is 1.76. The van der Waals surface area contributed by atoms with E-state index in [9.17, 15) is 9.18 Å². The Kier molecular flexibility index (Phi) is 2.82. The summed E-state index contributed by atoms with van der Waals surface area (Å²) < 4.78 is 12.9. The first-order chi connectivity index (χ1) is 8.08. The summed E-state index contributed by atoms with van der Waals surface area (Å²) in [4.78, 5) is 10.6. The number of carbonyl (C=O) groups is 1. The van der Waals surface area contributed by atoms with Crippen LogP contribution in [0.4, 0.5) is 4.39 Å². The number of carboxylic acids is 1. The third-order valence-corrected chi connectivity index (χ3v) is 2.35. The molecule has 0 atom stereocenters. The van der Waals surface area contributed by atoms with Gasteiger partial charge in [0.2, 0.25) is 0 Å². The molecule has 4 nitrogen and oxygen atoms in total. The molecule has 0 saturated heterocycles. The van der Waals surface area contributed by atoms with E-state index in [-0.39, 0.29) is 11.5 Å². The maximum atomic E-state index is 12.9. The number of carboxylic acid groups (broad SMARTS) is 1. The Morgan fingerprint density at radius 3 is 2.53 bits per heavy atom. The van der Waals surface area contributed by atoms with Gasteiger partial charge in [0.05, 0.1) is 5.69 Å². The predicted molar refractivity (Wildman–Crippen MR) is 59.1 cm³/mol. The summed E-state index contributed by atoms with van der Waals surface area (Å²) in [6, 6.07) is 7.23. The Balaban J connectivity index is 2.43. The second-order valence-electron chi connectivity index (χ2n) is 3.57. The van der Waals surface area contributed by atoms with Gasteiger partial charge in [-0.15, -0.1) is 10.2 Å². The number of benzene rings is 1. The summed E-state index contributed by atoms with van der Waals surface area (Å²) >= 11 is 0. The van der Waals surface area contributed by atoms with Gasteiger partial charge in [-0.3, -0.25) is 0 Å². The summed E-state index contributed by atoms with van der Waals surface area (Å²) in [5, 5.41) is 16.1. The molecule has 0 aliphatic heterocycles. The lowest BCUT2D eigenvalue weighted by Gasteiger charge is -2.04. The van der Waals surface area contributed by atoms with Crippen molar-refractivity contribution in [2.45, 2.75) is 6.92 Å². The van der Waals surface area contributed by atoms with Crippen molar-refractivity contribution in [3.63, 3.8) is 0 Å². The van der Waals surface area contributed by atoms with Crippen molar-refractivity contribution in [2.75, 3.05) is 0 Å². The fraction of sp³-hybridized carbons (Fsp3) is 0.0833. The zero-order valence-corrected chi connectivity index (χ0v) is 9.01. The van der Waals surface area contributed by atoms with E-state index in [2.05, 4.69) is 10.2 Å². The third kappa shape index (κ3) is 2.28. The third-order valence-electron chi connectivity index (χ3n) is 2.35. The molecule has 0 unspecified atom stereocenters. The van der Waals surface area contributed by atoms with Crippen molar-refractivity contribution < 1.29 is 14.3 Å². The van der Waals surface area contributed by atoms with Crippen LogP contribution in [-0.2, 0) is 0 Å². The highest BCUT2D eigenvalue weighted by Crippen LogP contribution is 2.21. The summed E-state index contributed by atoms with van der Waals surface area (Å²) in [5.74, 6) is -1.44. The molecule has 86 valence electrons. The quantitative estimate of drug-likeness (QED) is 0.862. The minimum Gasteiger partial charge on any atom is -0.476 e. The molecule has 1 aromatic carbocycles. The Morgan fingerprint density at radius 2 is 2.00 bits per heavy atom. The molecule has 0 radical (unpaired) electrons. The molecule has 0 bridgehead atoms. The second-order valence-corrected chi connectivity index (χ2v) is 3.57. The highest BCUT2D eigenvalue weighted by Gasteiger charge is 2.08. The van der Waals surface area contributed by atoms with E-state index in [4.69, 9.17) is 5.11 Å². The van der Waals surface area contributed by atoms with Gasteiger partial charge in [0.25, 0.3) is 0 Å². The van der Waals surface area contributed by atoms with Crippen LogP contribution < -0.4 is 0 Å². The van der Waals surface area contributed by atoms with Crippen LogP contribution in [0.15, 0.2) is 30.3 Å². The molecule has 2 rings (SSSR count). The lowest BCUT2D eigenvalue weighted by molar-refractivity contribution is 0.0689. The molecule has 0 amide bonds. The molecule has 2 aromatic rings. The van der Waals surface area contributed by atoms with E-state index < -0.39 is 5.97 Å². The highest BCUT2D eigenvalue weighted by molar-refractivity contribution is 5.85. The van der Waals surface area contributed by atoms with Gasteiger partial charge < -0.3 is 5.11 Å². The van der Waals surface area contributed by atoms with Gasteiger partial charge >= 0.3 is 5.97 Å². The first kappa shape index (κ1) is 11.2. The van der Waals surface area contributed by atoms with E-state index in [1.165, 1.54) is 18.2 Å². The van der Waals surface area contributed by atoms with Crippen LogP contribution in [0.3, 0.4) is 0 Å². The number of aryl methyl sites for hydroxylation is 1. The van der Waals surface area contributed by atoms with Crippen molar-refractivity contribution in [3.8, 4) is 11.3 Å². The van der Waals surface area contributed by atoms with Crippen LogP contribution in [0, 0.1) is 12.7 Å². The van der Waals surface area contributed by atoms with Crippen LogP contribution in [-0.4, -0.2) is 21.3 Å². The van der Waals surface area contributed by atoms with Gasteiger partial charge in [-0.2, -0.15) is 0 Å². The maximum Gasteiger partial charge on any atom is 0.356 e. The molecule has 1 heterocycles. The first-order valence-electron chi connectivity index (χ1n) is 4.91. The summed E-state index contributed by atoms with van der Waals surface area (Å²) in [5.41, 5.74) is 1.86. The Morgan fingerprint density at radius 1 is 1.24 bits per heavy atom. The molecule has 0 saturated carbocycles. The SMILES string of the molecule is Cc1cc(F)ccc1-c1ccc(C(=O)O)nn1. The van der Waals surface area contributed by atoms with E-state index in [0.717, 1.165) is 11.1 Å². The number of hydrogen-bond donors (Lipinski definition) is 1. The van der Waals surface area contributed by atoms with E-state index in [0.29, 0.717) is 5.69 Å². The Bertz CT molecular complexity index is 567. The molecule has 1 aromatic heterocycles. The van der Waals surface area contributed by atoms with E-state index in [1.54, 1.807) is 19.1 Å². The van der Waals surface area contributed by atoms with Crippen molar-refractivity contribution in [1.29, 1.82) is 0 Å². The smallest absolute Gasteiger partial charge is 0.356 e. The topological polar surface area (TPSA) is 63.1 Å². The average Bonchev–Trinajstić information content (AvgIpc) is 2.29. The van der Waals surface area contributed by atoms with Crippen molar-refractivity contribution in [1.82, 2.24) is 10.2 Å². The van der Waals surface area contributed by atoms with Gasteiger partial charge in [-0.25, -0.2) is 9.18 Å². The number of halogens is 1. The van der Waals surface area contributed by atoms with Gasteiger partial charge in [-0.1, -0.05) is 0 Å². The zero-order chi connectivity index (χ0) is 12.4. The number of aromatic carboxylic acids is 1. The molecule has 0 fully saturated rings. The van der Waals surface area contributed by atoms with Crippen LogP contribution in [0.5, 0.6) is 0 Å². The van der Waals surface area contributed by atoms with Gasteiger partial charge in [0, 0.05) is 5.56 Å². The number of nitrogens with zero attached hydrogens (tertiary/aromatic N) is 2. The monoisotopic (exact) mass is 232 g/mol. The van der Waals surface area contributed by atoms with Gasteiger partial charge in [0.15, 0.2) is 5.69 Å². The molecule has 0 aliphatic carbocycles. The van der Waals surface area contributed by atoms with Crippen LogP contribution in [0.1, 0.15) is 16.1 Å². The summed E-state index contributed by atoms with van der Waals surface area (Å²) in [7, 11) is 0. The average molecular weight is 232 g/mol. The van der Waals surface area contributed by atoms with Crippen molar-refractivity contribution >= 4 is 5.97 Å². The maximum absolute atomic E-state index is 12.9. The molecule has 0 aliphatic rings.